The molecule has 1 unspecified atom stereocenters. The van der Waals surface area contributed by atoms with E-state index in [0.717, 1.165) is 27.1 Å². The number of carbonyl (C=O) groups excluding carboxylic acids is 2. The minimum absolute atomic E-state index is 0.0406. The fourth-order valence-corrected chi connectivity index (χ4v) is 2.49. The number of ether oxygens (including phenoxy) is 1. The highest BCUT2D eigenvalue weighted by molar-refractivity contribution is 9.10. The van der Waals surface area contributed by atoms with Crippen LogP contribution in [0.1, 0.15) is 25.8 Å². The molecule has 0 saturated carbocycles. The molecular weight excluding hydrogens is 362 g/mol. The lowest BCUT2D eigenvalue weighted by Crippen LogP contribution is -3.09. The molecule has 1 aromatic carbocycles. The third kappa shape index (κ3) is 7.00. The summed E-state index contributed by atoms with van der Waals surface area (Å²) >= 11 is 3.43. The van der Waals surface area contributed by atoms with Gasteiger partial charge < -0.3 is 15.0 Å². The summed E-state index contributed by atoms with van der Waals surface area (Å²) in [5, 5.41) is 5.05. The maximum absolute atomic E-state index is 11.9. The van der Waals surface area contributed by atoms with Crippen molar-refractivity contribution < 1.29 is 19.2 Å². The van der Waals surface area contributed by atoms with E-state index in [0.29, 0.717) is 6.54 Å². The molecule has 1 rings (SSSR count). The summed E-state index contributed by atoms with van der Waals surface area (Å²) in [5.74, 6) is 0.472. The fourth-order valence-electron chi connectivity index (χ4n) is 2.08. The van der Waals surface area contributed by atoms with Gasteiger partial charge in [0.15, 0.2) is 6.54 Å². The van der Waals surface area contributed by atoms with Crippen molar-refractivity contribution in [3.63, 3.8) is 0 Å². The van der Waals surface area contributed by atoms with E-state index in [9.17, 15) is 9.59 Å². The summed E-state index contributed by atoms with van der Waals surface area (Å²) in [7, 11) is 3.51. The van der Waals surface area contributed by atoms with Crippen LogP contribution in [0.15, 0.2) is 22.7 Å². The molecule has 0 aliphatic rings. The lowest BCUT2D eigenvalue weighted by Gasteiger charge is -2.16. The fraction of sp³-hybridized carbons (Fsp3) is 0.500. The van der Waals surface area contributed by atoms with Crippen LogP contribution >= 0.6 is 15.9 Å². The highest BCUT2D eigenvalue weighted by Gasteiger charge is 2.16. The predicted molar refractivity (Wildman–Crippen MR) is 92.6 cm³/mol. The van der Waals surface area contributed by atoms with Gasteiger partial charge in [-0.1, -0.05) is 22.9 Å². The molecule has 0 bridgehead atoms. The van der Waals surface area contributed by atoms with Gasteiger partial charge in [-0.05, 0) is 31.5 Å². The van der Waals surface area contributed by atoms with Crippen LogP contribution in [-0.2, 0) is 11.3 Å². The Morgan fingerprint density at radius 2 is 2.09 bits per heavy atom. The molecule has 3 amide bonds. The van der Waals surface area contributed by atoms with Gasteiger partial charge in [0.1, 0.15) is 12.3 Å². The van der Waals surface area contributed by atoms with Gasteiger partial charge in [0.25, 0.3) is 5.91 Å². The molecule has 0 saturated heterocycles. The van der Waals surface area contributed by atoms with Gasteiger partial charge >= 0.3 is 6.03 Å². The molecule has 2 atom stereocenters. The third-order valence-electron chi connectivity index (χ3n) is 3.44. The number of nitrogens with one attached hydrogen (secondary N) is 3. The molecule has 0 spiro atoms. The van der Waals surface area contributed by atoms with E-state index in [2.05, 4.69) is 26.6 Å². The average Bonchev–Trinajstić information content (AvgIpc) is 2.46. The highest BCUT2D eigenvalue weighted by atomic mass is 79.9. The van der Waals surface area contributed by atoms with Crippen LogP contribution in [0.5, 0.6) is 5.75 Å². The van der Waals surface area contributed by atoms with Crippen molar-refractivity contribution in [2.75, 3.05) is 20.7 Å². The zero-order valence-electron chi connectivity index (χ0n) is 14.0. The second-order valence-electron chi connectivity index (χ2n) is 5.60. The lowest BCUT2D eigenvalue weighted by atomic mass is 10.2. The monoisotopic (exact) mass is 386 g/mol. The molecule has 7 heteroatoms. The number of likely N-dealkylation sites (N-methyl/N-ethyl adjacent to an activating group) is 1. The number of imide groups is 1. The van der Waals surface area contributed by atoms with Crippen molar-refractivity contribution in [1.82, 2.24) is 10.6 Å². The Labute approximate surface area is 145 Å². The second kappa shape index (κ2) is 9.52. The summed E-state index contributed by atoms with van der Waals surface area (Å²) in [6.45, 7) is 4.67. The van der Waals surface area contributed by atoms with E-state index in [1.165, 1.54) is 0 Å². The van der Waals surface area contributed by atoms with Crippen LogP contribution in [-0.4, -0.2) is 38.7 Å². The van der Waals surface area contributed by atoms with Crippen molar-refractivity contribution >= 4 is 27.9 Å². The van der Waals surface area contributed by atoms with Crippen molar-refractivity contribution in [3.05, 3.63) is 28.2 Å². The van der Waals surface area contributed by atoms with Crippen LogP contribution in [0.2, 0.25) is 0 Å². The van der Waals surface area contributed by atoms with E-state index in [1.54, 1.807) is 7.11 Å². The maximum Gasteiger partial charge on any atom is 0.321 e. The highest BCUT2D eigenvalue weighted by Crippen LogP contribution is 2.21. The minimum Gasteiger partial charge on any atom is -0.496 e. The van der Waals surface area contributed by atoms with Gasteiger partial charge in [0, 0.05) is 16.1 Å². The minimum atomic E-state index is -0.447. The first-order chi connectivity index (χ1) is 10.8. The zero-order chi connectivity index (χ0) is 17.4. The SMILES string of the molecule is CC[C@H](C)NC(=O)NC(=O)C[NH+](C)Cc1cc(Br)ccc1OC. The van der Waals surface area contributed by atoms with Gasteiger partial charge in [0.2, 0.25) is 0 Å². The Balaban J connectivity index is 2.53. The van der Waals surface area contributed by atoms with E-state index in [4.69, 9.17) is 4.74 Å². The van der Waals surface area contributed by atoms with Crippen LogP contribution < -0.4 is 20.3 Å². The number of quaternary nitrogens is 1. The Kier molecular flexibility index (Phi) is 8.05. The van der Waals surface area contributed by atoms with E-state index >= 15 is 0 Å². The van der Waals surface area contributed by atoms with E-state index in [1.807, 2.05) is 39.1 Å². The number of methoxy groups -OCH3 is 1. The third-order valence-corrected chi connectivity index (χ3v) is 3.93. The molecule has 1 aromatic rings. The second-order valence-corrected chi connectivity index (χ2v) is 6.51. The quantitative estimate of drug-likeness (QED) is 0.656. The zero-order valence-corrected chi connectivity index (χ0v) is 15.6. The number of hydrogen-bond acceptors (Lipinski definition) is 3. The number of amides is 3. The van der Waals surface area contributed by atoms with Crippen molar-refractivity contribution in [2.45, 2.75) is 32.9 Å². The summed E-state index contributed by atoms with van der Waals surface area (Å²) in [4.78, 5) is 24.5. The van der Waals surface area contributed by atoms with Crippen molar-refractivity contribution in [2.24, 2.45) is 0 Å². The summed E-state index contributed by atoms with van der Waals surface area (Å²) in [6.07, 6.45) is 0.815. The number of hydrogen-bond donors (Lipinski definition) is 3. The first-order valence-corrected chi connectivity index (χ1v) is 8.39. The summed E-state index contributed by atoms with van der Waals surface area (Å²) < 4.78 is 6.28. The smallest absolute Gasteiger partial charge is 0.321 e. The van der Waals surface area contributed by atoms with Crippen molar-refractivity contribution in [1.29, 1.82) is 0 Å². The molecular formula is C16H25BrN3O3+. The number of benzene rings is 1. The molecule has 128 valence electrons. The number of carbonyl (C=O) groups is 2. The number of rotatable bonds is 7. The predicted octanol–water partition coefficient (Wildman–Crippen LogP) is 1.10. The van der Waals surface area contributed by atoms with E-state index in [-0.39, 0.29) is 18.5 Å². The van der Waals surface area contributed by atoms with Gasteiger partial charge in [-0.15, -0.1) is 0 Å². The first kappa shape index (κ1) is 19.4. The first-order valence-electron chi connectivity index (χ1n) is 7.59. The molecule has 0 heterocycles. The van der Waals surface area contributed by atoms with Gasteiger partial charge in [-0.2, -0.15) is 0 Å². The Bertz CT molecular complexity index is 551. The van der Waals surface area contributed by atoms with Gasteiger partial charge in [-0.3, -0.25) is 10.1 Å². The Morgan fingerprint density at radius 3 is 2.70 bits per heavy atom. The summed E-state index contributed by atoms with van der Waals surface area (Å²) in [6, 6.07) is 5.35. The molecule has 0 aliphatic carbocycles. The van der Waals surface area contributed by atoms with Crippen LogP contribution in [0.25, 0.3) is 0 Å². The molecule has 6 nitrogen and oxygen atoms in total. The molecule has 0 aromatic heterocycles. The standard InChI is InChI=1S/C16H24BrN3O3/c1-5-11(2)18-16(22)19-15(21)10-20(3)9-12-8-13(17)6-7-14(12)23-4/h6-8,11H,5,9-10H2,1-4H3,(H2,18,19,21,22)/p+1/t11-/m0/s1. The van der Waals surface area contributed by atoms with Gasteiger partial charge in [-0.25, -0.2) is 4.79 Å². The van der Waals surface area contributed by atoms with Crippen LogP contribution in [0, 0.1) is 0 Å². The Hall–Kier alpha value is -1.60. The molecule has 0 fully saturated rings. The summed E-state index contributed by atoms with van der Waals surface area (Å²) in [5.41, 5.74) is 0.997. The average molecular weight is 387 g/mol. The van der Waals surface area contributed by atoms with Crippen molar-refractivity contribution in [3.8, 4) is 5.75 Å². The Morgan fingerprint density at radius 1 is 1.39 bits per heavy atom. The molecule has 0 radical (unpaired) electrons. The number of halogens is 1. The molecule has 3 N–H and O–H groups in total. The molecule has 0 aliphatic heterocycles. The normalized spacial score (nSPS) is 13.1. The maximum atomic E-state index is 11.9. The topological polar surface area (TPSA) is 71.9 Å². The number of urea groups is 1. The van der Waals surface area contributed by atoms with Crippen LogP contribution in [0.4, 0.5) is 4.79 Å². The van der Waals surface area contributed by atoms with Gasteiger partial charge in [0.05, 0.1) is 14.2 Å². The largest absolute Gasteiger partial charge is 0.496 e. The van der Waals surface area contributed by atoms with Crippen LogP contribution in [0.3, 0.4) is 0 Å². The van der Waals surface area contributed by atoms with E-state index < -0.39 is 6.03 Å². The molecule has 23 heavy (non-hydrogen) atoms. The lowest BCUT2D eigenvalue weighted by molar-refractivity contribution is -0.885.